The zero-order valence-corrected chi connectivity index (χ0v) is 8.50. The largest absolute Gasteiger partial charge is 0.495 e. The Balaban J connectivity index is 3.18. The first kappa shape index (κ1) is 9.99. The number of hydrogen-bond donors (Lipinski definition) is 1. The van der Waals surface area contributed by atoms with Gasteiger partial charge in [-0.25, -0.2) is 0 Å². The van der Waals surface area contributed by atoms with Crippen molar-refractivity contribution in [3.63, 3.8) is 0 Å². The third-order valence-corrected chi connectivity index (χ3v) is 2.56. The molecule has 0 amide bonds. The van der Waals surface area contributed by atoms with E-state index in [-0.39, 0.29) is 0 Å². The minimum Gasteiger partial charge on any atom is -0.495 e. The summed E-state index contributed by atoms with van der Waals surface area (Å²) in [4.78, 5) is 0.526. The lowest BCUT2D eigenvalue weighted by Crippen LogP contribution is -1.85. The van der Waals surface area contributed by atoms with Crippen LogP contribution in [0.25, 0.3) is 0 Å². The summed E-state index contributed by atoms with van der Waals surface area (Å²) in [6.07, 6.45) is 0. The van der Waals surface area contributed by atoms with Crippen LogP contribution in [-0.2, 0) is 0 Å². The number of ether oxygens (including phenoxy) is 1. The molecule has 1 rings (SSSR count). The van der Waals surface area contributed by atoms with Crippen molar-refractivity contribution >= 4 is 35.2 Å². The molecule has 0 unspecified atom stereocenters. The highest BCUT2D eigenvalue weighted by Crippen LogP contribution is 2.34. The van der Waals surface area contributed by atoms with E-state index in [4.69, 9.17) is 32.5 Å². The van der Waals surface area contributed by atoms with Crippen LogP contribution in [0, 0.1) is 0 Å². The number of halogens is 2. The Labute approximate surface area is 84.6 Å². The zero-order valence-electron chi connectivity index (χ0n) is 6.17. The van der Waals surface area contributed by atoms with Gasteiger partial charge < -0.3 is 9.29 Å². The summed E-state index contributed by atoms with van der Waals surface area (Å²) in [7, 11) is 1.50. The maximum Gasteiger partial charge on any atom is 0.138 e. The Morgan fingerprint density at radius 3 is 2.50 bits per heavy atom. The van der Waals surface area contributed by atoms with E-state index in [1.54, 1.807) is 6.07 Å². The summed E-state index contributed by atoms with van der Waals surface area (Å²) in [6, 6.07) is 3.11. The smallest absolute Gasteiger partial charge is 0.138 e. The van der Waals surface area contributed by atoms with Crippen molar-refractivity contribution in [3.8, 4) is 5.75 Å². The molecule has 0 aliphatic rings. The van der Waals surface area contributed by atoms with Crippen molar-refractivity contribution in [1.29, 1.82) is 0 Å². The van der Waals surface area contributed by atoms with E-state index in [0.29, 0.717) is 32.7 Å². The number of methoxy groups -OCH3 is 1. The molecular formula is C7H6Cl2O2S. The quantitative estimate of drug-likeness (QED) is 0.780. The topological polar surface area (TPSA) is 29.5 Å². The van der Waals surface area contributed by atoms with Crippen LogP contribution in [0.1, 0.15) is 0 Å². The third-order valence-electron chi connectivity index (χ3n) is 1.30. The summed E-state index contributed by atoms with van der Waals surface area (Å²) in [5, 5.41) is 0.841. The molecule has 0 heterocycles. The van der Waals surface area contributed by atoms with Crippen LogP contribution in [0.15, 0.2) is 17.0 Å². The Morgan fingerprint density at radius 2 is 2.00 bits per heavy atom. The number of hydrogen-bond acceptors (Lipinski definition) is 3. The van der Waals surface area contributed by atoms with Gasteiger partial charge in [0.15, 0.2) is 0 Å². The second-order valence-corrected chi connectivity index (χ2v) is 3.45. The van der Waals surface area contributed by atoms with E-state index in [1.165, 1.54) is 13.2 Å². The van der Waals surface area contributed by atoms with E-state index in [9.17, 15) is 0 Å². The lowest BCUT2D eigenvalue weighted by atomic mass is 10.3. The third kappa shape index (κ3) is 1.98. The Kier molecular flexibility index (Phi) is 3.53. The monoisotopic (exact) mass is 224 g/mol. The van der Waals surface area contributed by atoms with Gasteiger partial charge in [-0.15, -0.1) is 0 Å². The summed E-state index contributed by atoms with van der Waals surface area (Å²) >= 11 is 12.1. The predicted molar refractivity (Wildman–Crippen MR) is 51.5 cm³/mol. The van der Waals surface area contributed by atoms with E-state index >= 15 is 0 Å². The molecule has 0 saturated carbocycles. The summed E-state index contributed by atoms with van der Waals surface area (Å²) in [5.41, 5.74) is 0. The molecule has 0 bridgehead atoms. The first-order valence-electron chi connectivity index (χ1n) is 3.03. The standard InChI is InChI=1S/C7H6Cl2O2S/c1-11-6-3-7(12-10)5(9)2-4(6)8/h2-3,10H,1H3. The SMILES string of the molecule is COc1cc(SO)c(Cl)cc1Cl. The molecule has 1 aromatic carbocycles. The van der Waals surface area contributed by atoms with Crippen LogP contribution in [0.5, 0.6) is 5.75 Å². The lowest BCUT2D eigenvalue weighted by Gasteiger charge is -2.05. The molecule has 1 N–H and O–H groups in total. The van der Waals surface area contributed by atoms with E-state index < -0.39 is 0 Å². The van der Waals surface area contributed by atoms with Crippen molar-refractivity contribution in [2.45, 2.75) is 4.90 Å². The molecule has 0 aromatic heterocycles. The van der Waals surface area contributed by atoms with Crippen LogP contribution < -0.4 is 4.74 Å². The van der Waals surface area contributed by atoms with Crippen molar-refractivity contribution in [3.05, 3.63) is 22.2 Å². The van der Waals surface area contributed by atoms with Gasteiger partial charge in [0, 0.05) is 12.0 Å². The molecule has 0 atom stereocenters. The van der Waals surface area contributed by atoms with E-state index in [2.05, 4.69) is 0 Å². The second-order valence-electron chi connectivity index (χ2n) is 2.01. The van der Waals surface area contributed by atoms with Gasteiger partial charge in [-0.2, -0.15) is 0 Å². The molecule has 66 valence electrons. The minimum atomic E-state index is 0.410. The van der Waals surface area contributed by atoms with Crippen molar-refractivity contribution in [2.75, 3.05) is 7.11 Å². The average Bonchev–Trinajstić information content (AvgIpc) is 2.05. The lowest BCUT2D eigenvalue weighted by molar-refractivity contribution is 0.414. The molecule has 0 saturated heterocycles. The van der Waals surface area contributed by atoms with Gasteiger partial charge in [0.05, 0.1) is 22.1 Å². The van der Waals surface area contributed by atoms with Gasteiger partial charge in [-0.05, 0) is 12.1 Å². The van der Waals surface area contributed by atoms with Gasteiger partial charge >= 0.3 is 0 Å². The molecule has 0 fully saturated rings. The summed E-state index contributed by atoms with van der Waals surface area (Å²) in [5.74, 6) is 0.498. The highest BCUT2D eigenvalue weighted by molar-refractivity contribution is 7.93. The summed E-state index contributed by atoms with van der Waals surface area (Å²) in [6.45, 7) is 0. The van der Waals surface area contributed by atoms with Crippen LogP contribution >= 0.6 is 35.2 Å². The maximum atomic E-state index is 8.76. The molecule has 12 heavy (non-hydrogen) atoms. The van der Waals surface area contributed by atoms with E-state index in [1.807, 2.05) is 0 Å². The Bertz CT molecular complexity index is 266. The molecule has 2 nitrogen and oxygen atoms in total. The number of benzene rings is 1. The molecule has 0 aliphatic carbocycles. The normalized spacial score (nSPS) is 10.0. The molecule has 5 heteroatoms. The predicted octanol–water partition coefficient (Wildman–Crippen LogP) is 3.57. The van der Waals surface area contributed by atoms with Crippen LogP contribution in [0.3, 0.4) is 0 Å². The van der Waals surface area contributed by atoms with E-state index in [0.717, 1.165) is 0 Å². The Hall–Kier alpha value is -0.0900. The first-order chi connectivity index (χ1) is 5.69. The second kappa shape index (κ2) is 4.23. The molecule has 0 spiro atoms. The van der Waals surface area contributed by atoms with Crippen LogP contribution in [0.4, 0.5) is 0 Å². The van der Waals surface area contributed by atoms with Crippen LogP contribution in [0.2, 0.25) is 10.0 Å². The van der Waals surface area contributed by atoms with Gasteiger partial charge in [0.25, 0.3) is 0 Å². The van der Waals surface area contributed by atoms with Crippen LogP contribution in [-0.4, -0.2) is 11.7 Å². The summed E-state index contributed by atoms with van der Waals surface area (Å²) < 4.78 is 13.7. The van der Waals surface area contributed by atoms with Gasteiger partial charge in [-0.1, -0.05) is 23.2 Å². The molecule has 0 radical (unpaired) electrons. The zero-order chi connectivity index (χ0) is 9.14. The van der Waals surface area contributed by atoms with Crippen molar-refractivity contribution in [1.82, 2.24) is 0 Å². The fourth-order valence-corrected chi connectivity index (χ4v) is 1.61. The van der Waals surface area contributed by atoms with Gasteiger partial charge in [-0.3, -0.25) is 0 Å². The first-order valence-corrected chi connectivity index (χ1v) is 4.56. The van der Waals surface area contributed by atoms with Gasteiger partial charge in [0.2, 0.25) is 0 Å². The molecule has 0 aliphatic heterocycles. The highest BCUT2D eigenvalue weighted by atomic mass is 35.5. The highest BCUT2D eigenvalue weighted by Gasteiger charge is 2.07. The minimum absolute atomic E-state index is 0.410. The average molecular weight is 225 g/mol. The molecule has 1 aromatic rings. The van der Waals surface area contributed by atoms with Crippen molar-refractivity contribution < 1.29 is 9.29 Å². The van der Waals surface area contributed by atoms with Crippen molar-refractivity contribution in [2.24, 2.45) is 0 Å². The fraction of sp³-hybridized carbons (Fsp3) is 0.143. The molecular weight excluding hydrogens is 219 g/mol. The maximum absolute atomic E-state index is 8.76. The Morgan fingerprint density at radius 1 is 1.33 bits per heavy atom. The number of rotatable bonds is 2. The van der Waals surface area contributed by atoms with Gasteiger partial charge in [0.1, 0.15) is 5.75 Å². The fourth-order valence-electron chi connectivity index (χ4n) is 0.737.